The van der Waals surface area contributed by atoms with E-state index < -0.39 is 6.04 Å². The fraction of sp³-hybridized carbons (Fsp3) is 0.385. The van der Waals surface area contributed by atoms with Gasteiger partial charge in [-0.3, -0.25) is 9.59 Å². The summed E-state index contributed by atoms with van der Waals surface area (Å²) in [6.07, 6.45) is 2.54. The van der Waals surface area contributed by atoms with Crippen LogP contribution in [0.3, 0.4) is 0 Å². The van der Waals surface area contributed by atoms with E-state index in [-0.39, 0.29) is 11.8 Å². The van der Waals surface area contributed by atoms with Crippen molar-refractivity contribution in [1.82, 2.24) is 10.6 Å². The van der Waals surface area contributed by atoms with Crippen molar-refractivity contribution in [2.45, 2.75) is 25.3 Å². The van der Waals surface area contributed by atoms with Gasteiger partial charge in [0.05, 0.1) is 0 Å². The van der Waals surface area contributed by atoms with Crippen molar-refractivity contribution in [3.05, 3.63) is 28.2 Å². The molecule has 1 heterocycles. The molecule has 4 N–H and O–H groups in total. The van der Waals surface area contributed by atoms with E-state index in [0.29, 0.717) is 24.2 Å². The van der Waals surface area contributed by atoms with Crippen LogP contribution >= 0.6 is 15.9 Å². The molecule has 1 atom stereocenters. The minimum absolute atomic E-state index is 0.117. The maximum absolute atomic E-state index is 12.1. The number of nitrogens with two attached hydrogens (primary N) is 1. The van der Waals surface area contributed by atoms with Gasteiger partial charge in [-0.05, 0) is 37.5 Å². The van der Waals surface area contributed by atoms with Gasteiger partial charge in [0, 0.05) is 22.3 Å². The van der Waals surface area contributed by atoms with E-state index in [1.807, 2.05) is 0 Å². The molecular formula is C13H16BrN3O2. The first-order valence-electron chi connectivity index (χ1n) is 6.21. The Labute approximate surface area is 120 Å². The molecular weight excluding hydrogens is 310 g/mol. The van der Waals surface area contributed by atoms with Crippen LogP contribution in [0.4, 0.5) is 5.69 Å². The summed E-state index contributed by atoms with van der Waals surface area (Å²) < 4.78 is 0.739. The molecule has 6 heteroatoms. The highest BCUT2D eigenvalue weighted by Gasteiger charge is 2.22. The second-order valence-electron chi connectivity index (χ2n) is 4.59. The summed E-state index contributed by atoms with van der Waals surface area (Å²) in [5, 5.41) is 5.54. The number of carbonyl (C=O) groups is 2. The Hall–Kier alpha value is -1.56. The maximum Gasteiger partial charge on any atom is 0.252 e. The summed E-state index contributed by atoms with van der Waals surface area (Å²) in [5.74, 6) is -0.399. The molecule has 19 heavy (non-hydrogen) atoms. The smallest absolute Gasteiger partial charge is 0.252 e. The highest BCUT2D eigenvalue weighted by Crippen LogP contribution is 2.17. The Morgan fingerprint density at radius 1 is 1.37 bits per heavy atom. The van der Waals surface area contributed by atoms with Crippen molar-refractivity contribution in [3.8, 4) is 0 Å². The second kappa shape index (κ2) is 6.06. The summed E-state index contributed by atoms with van der Waals surface area (Å²) in [7, 11) is 0. The third-order valence-electron chi connectivity index (χ3n) is 3.02. The minimum Gasteiger partial charge on any atom is -0.399 e. The zero-order valence-electron chi connectivity index (χ0n) is 10.4. The number of benzene rings is 1. The van der Waals surface area contributed by atoms with Crippen LogP contribution in [-0.4, -0.2) is 24.4 Å². The normalized spacial score (nSPS) is 19.4. The summed E-state index contributed by atoms with van der Waals surface area (Å²) in [6.45, 7) is 0.676. The van der Waals surface area contributed by atoms with E-state index >= 15 is 0 Å². The monoisotopic (exact) mass is 325 g/mol. The number of rotatable bonds is 2. The number of hydrogen-bond acceptors (Lipinski definition) is 3. The van der Waals surface area contributed by atoms with Gasteiger partial charge in [0.15, 0.2) is 0 Å². The Bertz CT molecular complexity index is 484. The SMILES string of the molecule is Nc1cc(Br)cc(C(=O)NC2CCCCNC2=O)c1. The van der Waals surface area contributed by atoms with E-state index in [4.69, 9.17) is 5.73 Å². The van der Waals surface area contributed by atoms with Crippen molar-refractivity contribution in [3.63, 3.8) is 0 Å². The zero-order valence-corrected chi connectivity index (χ0v) is 12.0. The summed E-state index contributed by atoms with van der Waals surface area (Å²) in [4.78, 5) is 23.9. The second-order valence-corrected chi connectivity index (χ2v) is 5.50. The molecule has 0 radical (unpaired) electrons. The third-order valence-corrected chi connectivity index (χ3v) is 3.48. The van der Waals surface area contributed by atoms with Crippen LogP contribution < -0.4 is 16.4 Å². The molecule has 5 nitrogen and oxygen atoms in total. The van der Waals surface area contributed by atoms with Gasteiger partial charge in [-0.25, -0.2) is 0 Å². The predicted octanol–water partition coefficient (Wildman–Crippen LogP) is 1.43. The Morgan fingerprint density at radius 2 is 2.16 bits per heavy atom. The molecule has 1 aromatic carbocycles. The van der Waals surface area contributed by atoms with Crippen molar-refractivity contribution >= 4 is 33.4 Å². The molecule has 0 aromatic heterocycles. The van der Waals surface area contributed by atoms with E-state index in [9.17, 15) is 9.59 Å². The summed E-state index contributed by atoms with van der Waals surface area (Å²) >= 11 is 3.29. The van der Waals surface area contributed by atoms with Gasteiger partial charge in [0.1, 0.15) is 6.04 Å². The molecule has 102 valence electrons. The van der Waals surface area contributed by atoms with Gasteiger partial charge in [0.2, 0.25) is 5.91 Å². The van der Waals surface area contributed by atoms with Crippen molar-refractivity contribution in [2.75, 3.05) is 12.3 Å². The highest BCUT2D eigenvalue weighted by molar-refractivity contribution is 9.10. The number of nitrogen functional groups attached to an aromatic ring is 1. The van der Waals surface area contributed by atoms with Crippen molar-refractivity contribution in [2.24, 2.45) is 0 Å². The first-order chi connectivity index (χ1) is 9.06. The van der Waals surface area contributed by atoms with Crippen LogP contribution in [-0.2, 0) is 4.79 Å². The highest BCUT2D eigenvalue weighted by atomic mass is 79.9. The average molecular weight is 326 g/mol. The predicted molar refractivity (Wildman–Crippen MR) is 76.7 cm³/mol. The van der Waals surface area contributed by atoms with Crippen LogP contribution in [0.1, 0.15) is 29.6 Å². The third kappa shape index (κ3) is 3.70. The summed E-state index contributed by atoms with van der Waals surface area (Å²) in [5.41, 5.74) is 6.65. The lowest BCUT2D eigenvalue weighted by atomic mass is 10.1. The number of carbonyl (C=O) groups excluding carboxylic acids is 2. The lowest BCUT2D eigenvalue weighted by Crippen LogP contribution is -2.45. The van der Waals surface area contributed by atoms with Gasteiger partial charge in [-0.2, -0.15) is 0 Å². The standard InChI is InChI=1S/C13H16BrN3O2/c14-9-5-8(6-10(15)7-9)12(18)17-11-3-1-2-4-16-13(11)19/h5-7,11H,1-4,15H2,(H,16,19)(H,17,18). The minimum atomic E-state index is -0.463. The molecule has 1 fully saturated rings. The van der Waals surface area contributed by atoms with E-state index in [0.717, 1.165) is 17.3 Å². The van der Waals surface area contributed by atoms with Crippen LogP contribution in [0.2, 0.25) is 0 Å². The Morgan fingerprint density at radius 3 is 2.89 bits per heavy atom. The Kier molecular flexibility index (Phi) is 4.42. The molecule has 2 rings (SSSR count). The maximum atomic E-state index is 12.1. The van der Waals surface area contributed by atoms with Gasteiger partial charge in [0.25, 0.3) is 5.91 Å². The zero-order chi connectivity index (χ0) is 13.8. The molecule has 1 aliphatic rings. The molecule has 1 aromatic rings. The number of halogens is 1. The number of hydrogen-bond donors (Lipinski definition) is 3. The molecule has 0 spiro atoms. The van der Waals surface area contributed by atoms with Gasteiger partial charge in [-0.15, -0.1) is 0 Å². The van der Waals surface area contributed by atoms with Crippen LogP contribution in [0.5, 0.6) is 0 Å². The number of anilines is 1. The number of nitrogens with one attached hydrogen (secondary N) is 2. The van der Waals surface area contributed by atoms with Crippen LogP contribution in [0.25, 0.3) is 0 Å². The Balaban J connectivity index is 2.09. The first-order valence-corrected chi connectivity index (χ1v) is 7.00. The van der Waals surface area contributed by atoms with Crippen LogP contribution in [0.15, 0.2) is 22.7 Å². The quantitative estimate of drug-likeness (QED) is 0.719. The average Bonchev–Trinajstić information content (AvgIpc) is 2.54. The van der Waals surface area contributed by atoms with E-state index in [1.54, 1.807) is 18.2 Å². The van der Waals surface area contributed by atoms with Crippen molar-refractivity contribution in [1.29, 1.82) is 0 Å². The van der Waals surface area contributed by atoms with Crippen LogP contribution in [0, 0.1) is 0 Å². The molecule has 0 saturated carbocycles. The topological polar surface area (TPSA) is 84.2 Å². The first kappa shape index (κ1) is 13.9. The lowest BCUT2D eigenvalue weighted by Gasteiger charge is -2.15. The molecule has 1 unspecified atom stereocenters. The molecule has 0 bridgehead atoms. The van der Waals surface area contributed by atoms with E-state index in [2.05, 4.69) is 26.6 Å². The molecule has 0 aliphatic carbocycles. The largest absolute Gasteiger partial charge is 0.399 e. The van der Waals surface area contributed by atoms with Gasteiger partial charge >= 0.3 is 0 Å². The van der Waals surface area contributed by atoms with Crippen molar-refractivity contribution < 1.29 is 9.59 Å². The fourth-order valence-electron chi connectivity index (χ4n) is 2.06. The van der Waals surface area contributed by atoms with Gasteiger partial charge < -0.3 is 16.4 Å². The fourth-order valence-corrected chi connectivity index (χ4v) is 2.57. The van der Waals surface area contributed by atoms with E-state index in [1.165, 1.54) is 0 Å². The number of amides is 2. The lowest BCUT2D eigenvalue weighted by molar-refractivity contribution is -0.122. The van der Waals surface area contributed by atoms with Gasteiger partial charge in [-0.1, -0.05) is 15.9 Å². The molecule has 2 amide bonds. The molecule has 1 aliphatic heterocycles. The summed E-state index contributed by atoms with van der Waals surface area (Å²) in [6, 6.07) is 4.53. The molecule has 1 saturated heterocycles.